The van der Waals surface area contributed by atoms with Crippen LogP contribution in [0.2, 0.25) is 0 Å². The molecule has 45 heavy (non-hydrogen) atoms. The van der Waals surface area contributed by atoms with E-state index in [9.17, 15) is 14.0 Å². The van der Waals surface area contributed by atoms with Crippen molar-refractivity contribution in [3.63, 3.8) is 0 Å². The zero-order chi connectivity index (χ0) is 31.1. The van der Waals surface area contributed by atoms with E-state index < -0.39 is 0 Å². The number of rotatable bonds is 7. The van der Waals surface area contributed by atoms with E-state index in [1.54, 1.807) is 12.3 Å². The molecule has 0 unspecified atom stereocenters. The van der Waals surface area contributed by atoms with E-state index in [0.29, 0.717) is 43.2 Å². The monoisotopic (exact) mass is 608 g/mol. The molecule has 2 saturated carbocycles. The first kappa shape index (κ1) is 29.6. The van der Waals surface area contributed by atoms with Gasteiger partial charge in [0.05, 0.1) is 6.04 Å². The molecule has 8 nitrogen and oxygen atoms in total. The highest BCUT2D eigenvalue weighted by atomic mass is 19.1. The van der Waals surface area contributed by atoms with Gasteiger partial charge in [0, 0.05) is 56.8 Å². The molecule has 7 rings (SSSR count). The summed E-state index contributed by atoms with van der Waals surface area (Å²) in [7, 11) is 2.17. The highest BCUT2D eigenvalue weighted by Gasteiger charge is 2.49. The van der Waals surface area contributed by atoms with Gasteiger partial charge < -0.3 is 20.0 Å². The molecular formula is C36H41FN6O2. The molecule has 4 fully saturated rings. The van der Waals surface area contributed by atoms with Gasteiger partial charge in [0.25, 0.3) is 5.91 Å². The molecule has 1 N–H and O–H groups in total. The minimum atomic E-state index is -0.256. The van der Waals surface area contributed by atoms with E-state index in [1.165, 1.54) is 23.3 Å². The second-order valence-electron chi connectivity index (χ2n) is 13.5. The van der Waals surface area contributed by atoms with Crippen LogP contribution in [0.15, 0.2) is 66.4 Å². The number of carbonyl (C=O) groups is 2. The summed E-state index contributed by atoms with van der Waals surface area (Å²) in [6, 6.07) is 16.6. The van der Waals surface area contributed by atoms with Gasteiger partial charge in [0.15, 0.2) is 0 Å². The molecule has 2 aromatic carbocycles. The maximum absolute atomic E-state index is 13.8. The number of aromatic nitrogens is 2. The zero-order valence-electron chi connectivity index (χ0n) is 26.1. The Kier molecular flexibility index (Phi) is 7.89. The van der Waals surface area contributed by atoms with Gasteiger partial charge in [-0.05, 0) is 80.1 Å². The largest absolute Gasteiger partial charge is 0.344 e. The molecule has 3 heterocycles. The fraction of sp³-hybridized carbons (Fsp3) is 0.444. The maximum atomic E-state index is 13.8. The molecule has 2 saturated heterocycles. The van der Waals surface area contributed by atoms with Crippen LogP contribution in [0.1, 0.15) is 72.2 Å². The van der Waals surface area contributed by atoms with Gasteiger partial charge in [-0.1, -0.05) is 48.4 Å². The van der Waals surface area contributed by atoms with Crippen LogP contribution >= 0.6 is 0 Å². The van der Waals surface area contributed by atoms with E-state index in [1.807, 2.05) is 28.9 Å². The first-order chi connectivity index (χ1) is 21.8. The van der Waals surface area contributed by atoms with Crippen molar-refractivity contribution in [2.75, 3.05) is 51.2 Å². The number of hydrogen-bond donors (Lipinski definition) is 1. The molecule has 1 spiro atoms. The van der Waals surface area contributed by atoms with E-state index >= 15 is 0 Å². The van der Waals surface area contributed by atoms with Gasteiger partial charge in [-0.15, -0.1) is 0 Å². The maximum Gasteiger partial charge on any atom is 0.270 e. The van der Waals surface area contributed by atoms with Crippen molar-refractivity contribution in [2.24, 2.45) is 11.3 Å². The van der Waals surface area contributed by atoms with Crippen molar-refractivity contribution in [3.05, 3.63) is 94.6 Å². The molecule has 234 valence electrons. The summed E-state index contributed by atoms with van der Waals surface area (Å²) in [5.74, 6) is 0.509. The number of benzene rings is 2. The van der Waals surface area contributed by atoms with Crippen LogP contribution in [0.5, 0.6) is 0 Å². The number of allylic oxidation sites excluding steroid dienone is 1. The lowest BCUT2D eigenvalue weighted by Gasteiger charge is -2.56. The topological polar surface area (TPSA) is 81.7 Å². The van der Waals surface area contributed by atoms with Crippen molar-refractivity contribution in [1.82, 2.24) is 25.1 Å². The van der Waals surface area contributed by atoms with Crippen LogP contribution in [0.3, 0.4) is 0 Å². The number of likely N-dealkylation sites (tertiary alicyclic amines) is 1. The predicted molar refractivity (Wildman–Crippen MR) is 172 cm³/mol. The van der Waals surface area contributed by atoms with E-state index in [2.05, 4.69) is 51.5 Å². The number of anilines is 1. The summed E-state index contributed by atoms with van der Waals surface area (Å²) in [4.78, 5) is 41.2. The van der Waals surface area contributed by atoms with Crippen LogP contribution in [0.4, 0.5) is 10.3 Å². The van der Waals surface area contributed by atoms with Gasteiger partial charge in [-0.3, -0.25) is 9.59 Å². The van der Waals surface area contributed by atoms with Gasteiger partial charge in [0.1, 0.15) is 11.5 Å². The highest BCUT2D eigenvalue weighted by Crippen LogP contribution is 2.54. The minimum Gasteiger partial charge on any atom is -0.344 e. The molecular weight excluding hydrogens is 567 g/mol. The van der Waals surface area contributed by atoms with Crippen LogP contribution in [0, 0.1) is 17.2 Å². The van der Waals surface area contributed by atoms with Crippen molar-refractivity contribution in [2.45, 2.75) is 45.1 Å². The van der Waals surface area contributed by atoms with Gasteiger partial charge >= 0.3 is 0 Å². The second kappa shape index (κ2) is 12.0. The average molecular weight is 609 g/mol. The Morgan fingerprint density at radius 1 is 0.933 bits per heavy atom. The van der Waals surface area contributed by atoms with Crippen molar-refractivity contribution in [1.29, 1.82) is 0 Å². The molecule has 2 amide bonds. The summed E-state index contributed by atoms with van der Waals surface area (Å²) in [6.07, 6.45) is 6.95. The molecule has 0 radical (unpaired) electrons. The molecule has 3 aromatic rings. The van der Waals surface area contributed by atoms with Gasteiger partial charge in [0.2, 0.25) is 11.9 Å². The Bertz CT molecular complexity index is 1590. The third kappa shape index (κ3) is 5.98. The molecule has 0 bridgehead atoms. The van der Waals surface area contributed by atoms with Crippen LogP contribution in [-0.2, 0) is 4.79 Å². The lowest BCUT2D eigenvalue weighted by atomic mass is 9.59. The molecule has 1 aromatic heterocycles. The molecule has 2 aliphatic carbocycles. The Hall–Kier alpha value is -4.11. The summed E-state index contributed by atoms with van der Waals surface area (Å²) < 4.78 is 13.8. The Morgan fingerprint density at radius 3 is 2.18 bits per heavy atom. The highest BCUT2D eigenvalue weighted by molar-refractivity contribution is 5.92. The third-order valence-electron chi connectivity index (χ3n) is 10.1. The Balaban J connectivity index is 1.00. The number of hydrogen-bond acceptors (Lipinski definition) is 6. The smallest absolute Gasteiger partial charge is 0.270 e. The first-order valence-electron chi connectivity index (χ1n) is 16.2. The Morgan fingerprint density at radius 2 is 1.58 bits per heavy atom. The van der Waals surface area contributed by atoms with Crippen molar-refractivity contribution < 1.29 is 14.0 Å². The van der Waals surface area contributed by atoms with Crippen molar-refractivity contribution >= 4 is 23.3 Å². The third-order valence-corrected chi connectivity index (χ3v) is 10.1. The number of piperazine rings is 1. The predicted octanol–water partition coefficient (Wildman–Crippen LogP) is 5.08. The summed E-state index contributed by atoms with van der Waals surface area (Å²) in [5, 5.41) is 3.09. The first-order valence-corrected chi connectivity index (χ1v) is 16.2. The lowest BCUT2D eigenvalue weighted by molar-refractivity contribution is -0.138. The van der Waals surface area contributed by atoms with E-state index in [4.69, 9.17) is 0 Å². The number of nitrogens with one attached hydrogen (secondary N) is 1. The van der Waals surface area contributed by atoms with Crippen LogP contribution < -0.4 is 10.2 Å². The Labute approximate surface area is 264 Å². The fourth-order valence-corrected chi connectivity index (χ4v) is 7.50. The quantitative estimate of drug-likeness (QED) is 0.403. The summed E-state index contributed by atoms with van der Waals surface area (Å²) in [5.41, 5.74) is 6.47. The molecule has 2 aliphatic heterocycles. The fourth-order valence-electron chi connectivity index (χ4n) is 7.50. The van der Waals surface area contributed by atoms with Gasteiger partial charge in [-0.25, -0.2) is 14.4 Å². The SMILES string of the molecule is C[C@@H](NC(=O)c1ccnc(N2CCN(C(=O)C3CCC3)CC2)n1)c1ccc(C(=C2CC3(C2)CN(C)C3)c2ccc(F)cc2)cc1. The van der Waals surface area contributed by atoms with Crippen LogP contribution in [0.25, 0.3) is 5.57 Å². The molecule has 4 aliphatic rings. The minimum absolute atomic E-state index is 0.205. The zero-order valence-corrected chi connectivity index (χ0v) is 26.1. The number of amides is 2. The van der Waals surface area contributed by atoms with E-state index in [0.717, 1.165) is 61.9 Å². The van der Waals surface area contributed by atoms with Crippen LogP contribution in [-0.4, -0.2) is 77.9 Å². The second-order valence-corrected chi connectivity index (χ2v) is 13.5. The molecule has 9 heteroatoms. The van der Waals surface area contributed by atoms with E-state index in [-0.39, 0.29) is 29.6 Å². The average Bonchev–Trinajstić information content (AvgIpc) is 2.99. The normalized spacial score (nSPS) is 20.2. The number of halogens is 1. The van der Waals surface area contributed by atoms with Crippen molar-refractivity contribution in [3.8, 4) is 0 Å². The summed E-state index contributed by atoms with van der Waals surface area (Å²) >= 11 is 0. The number of nitrogens with zero attached hydrogens (tertiary/aromatic N) is 5. The lowest BCUT2D eigenvalue weighted by Crippen LogP contribution is -2.58. The van der Waals surface area contributed by atoms with Gasteiger partial charge in [-0.2, -0.15) is 0 Å². The standard InChI is InChI=1S/C36H41FN6O2/c1-24(39-33(44)31-14-15-38-35(40-31)43-18-16-42(17-19-43)34(45)28-4-3-5-28)25-6-8-26(9-7-25)32(27-10-12-30(37)13-11-27)29-20-36(21-29)22-41(2)23-36/h6-15,24,28H,3-5,16-23H2,1-2H3,(H,39,44)/t24-/m1/s1. The number of carbonyl (C=O) groups excluding carboxylic acids is 2. The molecule has 1 atom stereocenters. The summed E-state index contributed by atoms with van der Waals surface area (Å²) in [6.45, 7) is 6.85.